The van der Waals surface area contributed by atoms with E-state index < -0.39 is 0 Å². The summed E-state index contributed by atoms with van der Waals surface area (Å²) in [6, 6.07) is 0.597. The lowest BCUT2D eigenvalue weighted by atomic mass is 10.3. The molecule has 0 spiro atoms. The van der Waals surface area contributed by atoms with Gasteiger partial charge >= 0.3 is 0 Å². The molecule has 1 N–H and O–H groups in total. The highest BCUT2D eigenvalue weighted by atomic mass is 15.3. The Morgan fingerprint density at radius 1 is 1.35 bits per heavy atom. The first-order chi connectivity index (χ1) is 8.15. The minimum absolute atomic E-state index is 0.597. The number of rotatable bonds is 5. The summed E-state index contributed by atoms with van der Waals surface area (Å²) in [6.45, 7) is 11.7. The molecule has 1 heterocycles. The summed E-state index contributed by atoms with van der Waals surface area (Å²) in [5, 5.41) is 3.38. The maximum Gasteiger partial charge on any atom is 0.193 e. The minimum atomic E-state index is 0.597. The Hall–Kier alpha value is -0.770. The molecule has 0 aromatic carbocycles. The molecule has 4 nitrogen and oxygen atoms in total. The Morgan fingerprint density at radius 3 is 2.53 bits per heavy atom. The van der Waals surface area contributed by atoms with Crippen molar-refractivity contribution in [1.82, 2.24) is 15.1 Å². The molecule has 0 aliphatic carbocycles. The van der Waals surface area contributed by atoms with Crippen LogP contribution in [-0.4, -0.2) is 61.6 Å². The number of hydrogen-bond acceptors (Lipinski definition) is 2. The largest absolute Gasteiger partial charge is 0.357 e. The average molecular weight is 240 g/mol. The van der Waals surface area contributed by atoms with Crippen LogP contribution in [0.5, 0.6) is 0 Å². The van der Waals surface area contributed by atoms with Gasteiger partial charge in [0.15, 0.2) is 5.96 Å². The quantitative estimate of drug-likeness (QED) is 0.582. The number of guanidine groups is 1. The fourth-order valence-corrected chi connectivity index (χ4v) is 1.93. The van der Waals surface area contributed by atoms with Crippen molar-refractivity contribution in [2.24, 2.45) is 4.99 Å². The number of nitrogens with zero attached hydrogens (tertiary/aromatic N) is 3. The molecule has 0 radical (unpaired) electrons. The van der Waals surface area contributed by atoms with E-state index in [2.05, 4.69) is 42.9 Å². The summed E-state index contributed by atoms with van der Waals surface area (Å²) >= 11 is 0. The summed E-state index contributed by atoms with van der Waals surface area (Å²) in [6.07, 6.45) is 2.60. The van der Waals surface area contributed by atoms with Gasteiger partial charge in [0.25, 0.3) is 0 Å². The molecule has 0 bridgehead atoms. The fraction of sp³-hybridized carbons (Fsp3) is 0.923. The molecule has 4 heteroatoms. The predicted octanol–water partition coefficient (Wildman–Crippen LogP) is 1.39. The van der Waals surface area contributed by atoms with Gasteiger partial charge in [-0.3, -0.25) is 4.99 Å². The van der Waals surface area contributed by atoms with Gasteiger partial charge in [0, 0.05) is 32.2 Å². The van der Waals surface area contributed by atoms with Crippen molar-refractivity contribution in [1.29, 1.82) is 0 Å². The van der Waals surface area contributed by atoms with Crippen molar-refractivity contribution in [3.05, 3.63) is 0 Å². The van der Waals surface area contributed by atoms with E-state index in [0.717, 1.165) is 38.7 Å². The zero-order valence-electron chi connectivity index (χ0n) is 11.9. The van der Waals surface area contributed by atoms with Crippen LogP contribution < -0.4 is 5.32 Å². The maximum absolute atomic E-state index is 4.71. The number of aliphatic imine (C=N–C) groups is 1. The Morgan fingerprint density at radius 2 is 2.00 bits per heavy atom. The molecule has 1 saturated heterocycles. The Labute approximate surface area is 106 Å². The molecule has 0 atom stereocenters. The number of nitrogens with one attached hydrogen (secondary N) is 1. The summed E-state index contributed by atoms with van der Waals surface area (Å²) in [4.78, 5) is 9.41. The normalized spacial score (nSPS) is 17.3. The van der Waals surface area contributed by atoms with Crippen LogP contribution >= 0.6 is 0 Å². The summed E-state index contributed by atoms with van der Waals surface area (Å²) in [5.41, 5.74) is 0. The van der Waals surface area contributed by atoms with Gasteiger partial charge in [-0.25, -0.2) is 0 Å². The molecule has 0 aromatic rings. The molecule has 100 valence electrons. The second-order valence-electron chi connectivity index (χ2n) is 5.00. The van der Waals surface area contributed by atoms with Gasteiger partial charge in [-0.15, -0.1) is 0 Å². The zero-order chi connectivity index (χ0) is 12.7. The molecular weight excluding hydrogens is 212 g/mol. The van der Waals surface area contributed by atoms with Gasteiger partial charge in [-0.2, -0.15) is 0 Å². The molecule has 0 saturated carbocycles. The standard InChI is InChI=1S/C13H28N4/c1-5-14-13(17-9-6-7-10-17)15-8-11-16(4)12(2)3/h12H,5-11H2,1-4H3,(H,14,15). The van der Waals surface area contributed by atoms with Crippen LogP contribution in [0.3, 0.4) is 0 Å². The fourth-order valence-electron chi connectivity index (χ4n) is 1.93. The van der Waals surface area contributed by atoms with Gasteiger partial charge in [-0.1, -0.05) is 0 Å². The monoisotopic (exact) mass is 240 g/mol. The maximum atomic E-state index is 4.71. The van der Waals surface area contributed by atoms with E-state index in [1.165, 1.54) is 12.8 Å². The number of likely N-dealkylation sites (N-methyl/N-ethyl adjacent to an activating group) is 1. The molecule has 17 heavy (non-hydrogen) atoms. The van der Waals surface area contributed by atoms with Gasteiger partial charge in [-0.05, 0) is 40.7 Å². The third-order valence-corrected chi connectivity index (χ3v) is 3.34. The van der Waals surface area contributed by atoms with Crippen molar-refractivity contribution >= 4 is 5.96 Å². The zero-order valence-corrected chi connectivity index (χ0v) is 11.9. The molecule has 1 rings (SSSR count). The first-order valence-corrected chi connectivity index (χ1v) is 6.88. The molecule has 0 amide bonds. The van der Waals surface area contributed by atoms with E-state index in [9.17, 15) is 0 Å². The molecule has 1 fully saturated rings. The minimum Gasteiger partial charge on any atom is -0.357 e. The van der Waals surface area contributed by atoms with Crippen LogP contribution in [0.1, 0.15) is 33.6 Å². The van der Waals surface area contributed by atoms with Crippen molar-refractivity contribution in [3.8, 4) is 0 Å². The second kappa shape index (κ2) is 7.54. The number of hydrogen-bond donors (Lipinski definition) is 1. The Bertz CT molecular complexity index is 232. The van der Waals surface area contributed by atoms with E-state index in [1.54, 1.807) is 0 Å². The van der Waals surface area contributed by atoms with Gasteiger partial charge in [0.05, 0.1) is 6.54 Å². The highest BCUT2D eigenvalue weighted by Gasteiger charge is 2.15. The Kier molecular flexibility index (Phi) is 6.34. The molecular formula is C13H28N4. The van der Waals surface area contributed by atoms with E-state index in [0.29, 0.717) is 6.04 Å². The number of likely N-dealkylation sites (tertiary alicyclic amines) is 1. The molecule has 0 unspecified atom stereocenters. The van der Waals surface area contributed by atoms with Gasteiger partial charge < -0.3 is 15.1 Å². The van der Waals surface area contributed by atoms with Crippen LogP contribution in [0.25, 0.3) is 0 Å². The average Bonchev–Trinajstić information content (AvgIpc) is 2.80. The van der Waals surface area contributed by atoms with Crippen LogP contribution in [0.4, 0.5) is 0 Å². The topological polar surface area (TPSA) is 30.9 Å². The van der Waals surface area contributed by atoms with Crippen molar-refractivity contribution in [2.75, 3.05) is 39.8 Å². The highest BCUT2D eigenvalue weighted by Crippen LogP contribution is 2.07. The van der Waals surface area contributed by atoms with Crippen molar-refractivity contribution < 1.29 is 0 Å². The predicted molar refractivity (Wildman–Crippen MR) is 74.6 cm³/mol. The van der Waals surface area contributed by atoms with Crippen LogP contribution in [0.2, 0.25) is 0 Å². The third-order valence-electron chi connectivity index (χ3n) is 3.34. The molecule has 1 aliphatic heterocycles. The van der Waals surface area contributed by atoms with Crippen molar-refractivity contribution in [3.63, 3.8) is 0 Å². The van der Waals surface area contributed by atoms with Crippen LogP contribution in [-0.2, 0) is 0 Å². The lowest BCUT2D eigenvalue weighted by molar-refractivity contribution is 0.281. The first kappa shape index (κ1) is 14.3. The lowest BCUT2D eigenvalue weighted by Crippen LogP contribution is -2.40. The first-order valence-electron chi connectivity index (χ1n) is 6.88. The summed E-state index contributed by atoms with van der Waals surface area (Å²) in [7, 11) is 2.16. The smallest absolute Gasteiger partial charge is 0.193 e. The van der Waals surface area contributed by atoms with Crippen molar-refractivity contribution in [2.45, 2.75) is 39.7 Å². The summed E-state index contributed by atoms with van der Waals surface area (Å²) in [5.74, 6) is 1.10. The SMILES string of the molecule is CCNC(=NCCN(C)C(C)C)N1CCCC1. The van der Waals surface area contributed by atoms with E-state index in [1.807, 2.05) is 0 Å². The molecule has 0 aromatic heterocycles. The van der Waals surface area contributed by atoms with Gasteiger partial charge in [0.1, 0.15) is 0 Å². The Balaban J connectivity index is 2.40. The van der Waals surface area contributed by atoms with Crippen LogP contribution in [0, 0.1) is 0 Å². The lowest BCUT2D eigenvalue weighted by Gasteiger charge is -2.22. The third kappa shape index (κ3) is 4.94. The van der Waals surface area contributed by atoms with Crippen LogP contribution in [0.15, 0.2) is 4.99 Å². The second-order valence-corrected chi connectivity index (χ2v) is 5.00. The van der Waals surface area contributed by atoms with E-state index in [4.69, 9.17) is 4.99 Å². The highest BCUT2D eigenvalue weighted by molar-refractivity contribution is 5.80. The van der Waals surface area contributed by atoms with Gasteiger partial charge in [0.2, 0.25) is 0 Å². The summed E-state index contributed by atoms with van der Waals surface area (Å²) < 4.78 is 0. The molecule has 1 aliphatic rings. The van der Waals surface area contributed by atoms with E-state index >= 15 is 0 Å². The van der Waals surface area contributed by atoms with E-state index in [-0.39, 0.29) is 0 Å².